The standard InChI is InChI=1S/C22H29NO/c1-23(2)17-21(18-11-13-20(24)14-12-18)22(15-7-4-8-16-22)19-9-5-3-6-10-19/h3,5-6,9-14,21,24H,4,7-8,15-17H2,1-2H3. The van der Waals surface area contributed by atoms with Gasteiger partial charge in [-0.1, -0.05) is 61.7 Å². The van der Waals surface area contributed by atoms with Gasteiger partial charge in [-0.25, -0.2) is 0 Å². The number of rotatable bonds is 5. The molecule has 0 aromatic heterocycles. The molecule has 0 spiro atoms. The van der Waals surface area contributed by atoms with E-state index in [1.165, 1.54) is 43.2 Å². The van der Waals surface area contributed by atoms with Crippen LogP contribution >= 0.6 is 0 Å². The highest BCUT2D eigenvalue weighted by molar-refractivity contribution is 5.37. The zero-order valence-corrected chi connectivity index (χ0v) is 14.9. The van der Waals surface area contributed by atoms with Crippen molar-refractivity contribution in [2.24, 2.45) is 0 Å². The molecule has 1 atom stereocenters. The van der Waals surface area contributed by atoms with Crippen molar-refractivity contribution < 1.29 is 5.11 Å². The smallest absolute Gasteiger partial charge is 0.115 e. The first-order chi connectivity index (χ1) is 11.6. The second kappa shape index (κ2) is 7.40. The van der Waals surface area contributed by atoms with Crippen molar-refractivity contribution in [3.8, 4) is 5.75 Å². The molecule has 1 unspecified atom stereocenters. The molecule has 1 aliphatic rings. The van der Waals surface area contributed by atoms with Crippen LogP contribution in [-0.4, -0.2) is 30.6 Å². The zero-order valence-electron chi connectivity index (χ0n) is 14.9. The van der Waals surface area contributed by atoms with E-state index in [1.807, 2.05) is 12.1 Å². The Labute approximate surface area is 146 Å². The van der Waals surface area contributed by atoms with E-state index in [0.717, 1.165) is 6.54 Å². The van der Waals surface area contributed by atoms with Crippen LogP contribution in [0.4, 0.5) is 0 Å². The molecule has 24 heavy (non-hydrogen) atoms. The van der Waals surface area contributed by atoms with Crippen LogP contribution in [0.1, 0.15) is 49.1 Å². The summed E-state index contributed by atoms with van der Waals surface area (Å²) in [5, 5.41) is 9.70. The van der Waals surface area contributed by atoms with E-state index in [2.05, 4.69) is 61.5 Å². The van der Waals surface area contributed by atoms with E-state index < -0.39 is 0 Å². The maximum atomic E-state index is 9.70. The normalized spacial score (nSPS) is 18.5. The summed E-state index contributed by atoms with van der Waals surface area (Å²) in [7, 11) is 4.32. The first kappa shape index (κ1) is 17.0. The highest BCUT2D eigenvalue weighted by Gasteiger charge is 2.42. The van der Waals surface area contributed by atoms with E-state index in [9.17, 15) is 5.11 Å². The molecule has 1 fully saturated rings. The largest absolute Gasteiger partial charge is 0.508 e. The van der Waals surface area contributed by atoms with Crippen LogP contribution in [0.15, 0.2) is 54.6 Å². The van der Waals surface area contributed by atoms with Gasteiger partial charge in [0, 0.05) is 17.9 Å². The predicted molar refractivity (Wildman–Crippen MR) is 101 cm³/mol. The number of likely N-dealkylation sites (N-methyl/N-ethyl adjacent to an activating group) is 1. The number of hydrogen-bond donors (Lipinski definition) is 1. The summed E-state index contributed by atoms with van der Waals surface area (Å²) < 4.78 is 0. The average molecular weight is 323 g/mol. The van der Waals surface area contributed by atoms with Gasteiger partial charge in [0.2, 0.25) is 0 Å². The van der Waals surface area contributed by atoms with Crippen molar-refractivity contribution >= 4 is 0 Å². The minimum atomic E-state index is 0.195. The lowest BCUT2D eigenvalue weighted by Gasteiger charge is -2.45. The van der Waals surface area contributed by atoms with E-state index in [-0.39, 0.29) is 5.41 Å². The second-order valence-corrected chi connectivity index (χ2v) is 7.49. The zero-order chi connectivity index (χ0) is 17.0. The van der Waals surface area contributed by atoms with Gasteiger partial charge in [0.1, 0.15) is 5.75 Å². The van der Waals surface area contributed by atoms with Crippen molar-refractivity contribution in [2.45, 2.75) is 43.4 Å². The summed E-state index contributed by atoms with van der Waals surface area (Å²) in [6, 6.07) is 19.0. The van der Waals surface area contributed by atoms with Gasteiger partial charge < -0.3 is 10.0 Å². The second-order valence-electron chi connectivity index (χ2n) is 7.49. The number of phenolic OH excluding ortho intramolecular Hbond substituents is 1. The third-order valence-corrected chi connectivity index (χ3v) is 5.60. The van der Waals surface area contributed by atoms with Crippen LogP contribution in [0.3, 0.4) is 0 Å². The minimum Gasteiger partial charge on any atom is -0.508 e. The van der Waals surface area contributed by atoms with Crippen molar-refractivity contribution in [3.63, 3.8) is 0 Å². The number of hydrogen-bond acceptors (Lipinski definition) is 2. The summed E-state index contributed by atoms with van der Waals surface area (Å²) in [4.78, 5) is 2.30. The first-order valence-electron chi connectivity index (χ1n) is 9.11. The molecule has 0 bridgehead atoms. The SMILES string of the molecule is CN(C)CC(c1ccc(O)cc1)C1(c2ccccc2)CCCCC1. The highest BCUT2D eigenvalue weighted by Crippen LogP contribution is 2.49. The lowest BCUT2D eigenvalue weighted by Crippen LogP contribution is -2.40. The van der Waals surface area contributed by atoms with Crippen LogP contribution in [0.2, 0.25) is 0 Å². The van der Waals surface area contributed by atoms with Crippen molar-refractivity contribution in [1.82, 2.24) is 4.90 Å². The Hall–Kier alpha value is -1.80. The fourth-order valence-electron chi connectivity index (χ4n) is 4.46. The third-order valence-electron chi connectivity index (χ3n) is 5.60. The number of aromatic hydroxyl groups is 1. The van der Waals surface area contributed by atoms with Crippen LogP contribution in [0, 0.1) is 0 Å². The van der Waals surface area contributed by atoms with Gasteiger partial charge in [0.25, 0.3) is 0 Å². The van der Waals surface area contributed by atoms with Gasteiger partial charge >= 0.3 is 0 Å². The Morgan fingerprint density at radius 3 is 2.12 bits per heavy atom. The van der Waals surface area contributed by atoms with Crippen LogP contribution in [-0.2, 0) is 5.41 Å². The van der Waals surface area contributed by atoms with E-state index in [0.29, 0.717) is 11.7 Å². The Bertz CT molecular complexity index is 627. The number of nitrogens with zero attached hydrogens (tertiary/aromatic N) is 1. The molecule has 0 radical (unpaired) electrons. The molecular weight excluding hydrogens is 294 g/mol. The summed E-state index contributed by atoms with van der Waals surface area (Å²) in [6.07, 6.45) is 6.44. The molecule has 2 nitrogen and oxygen atoms in total. The van der Waals surface area contributed by atoms with Crippen LogP contribution in [0.5, 0.6) is 5.75 Å². The summed E-state index contributed by atoms with van der Waals surface area (Å²) in [5.74, 6) is 0.788. The van der Waals surface area contributed by atoms with Crippen molar-refractivity contribution in [3.05, 3.63) is 65.7 Å². The lowest BCUT2D eigenvalue weighted by atomic mass is 9.60. The van der Waals surface area contributed by atoms with Gasteiger partial charge in [-0.2, -0.15) is 0 Å². The molecule has 1 N–H and O–H groups in total. The first-order valence-corrected chi connectivity index (χ1v) is 9.11. The molecular formula is C22H29NO. The van der Waals surface area contributed by atoms with Crippen LogP contribution in [0.25, 0.3) is 0 Å². The summed E-state index contributed by atoms with van der Waals surface area (Å²) in [6.45, 7) is 1.03. The Balaban J connectivity index is 2.08. The van der Waals surface area contributed by atoms with Crippen LogP contribution < -0.4 is 0 Å². The molecule has 128 valence electrons. The fraction of sp³-hybridized carbons (Fsp3) is 0.455. The quantitative estimate of drug-likeness (QED) is 0.842. The Morgan fingerprint density at radius 2 is 1.54 bits per heavy atom. The number of phenols is 1. The van der Waals surface area contributed by atoms with E-state index in [1.54, 1.807) is 0 Å². The minimum absolute atomic E-state index is 0.195. The topological polar surface area (TPSA) is 23.5 Å². The molecule has 2 heteroatoms. The van der Waals surface area contributed by atoms with Gasteiger partial charge in [-0.05, 0) is 50.2 Å². The molecule has 1 saturated carbocycles. The summed E-state index contributed by atoms with van der Waals surface area (Å²) >= 11 is 0. The summed E-state index contributed by atoms with van der Waals surface area (Å²) in [5.41, 5.74) is 3.01. The highest BCUT2D eigenvalue weighted by atomic mass is 16.3. The molecule has 3 rings (SSSR count). The van der Waals surface area contributed by atoms with Crippen molar-refractivity contribution in [2.75, 3.05) is 20.6 Å². The molecule has 0 aliphatic heterocycles. The maximum Gasteiger partial charge on any atom is 0.115 e. The van der Waals surface area contributed by atoms with E-state index >= 15 is 0 Å². The number of benzene rings is 2. The fourth-order valence-corrected chi connectivity index (χ4v) is 4.46. The average Bonchev–Trinajstić information content (AvgIpc) is 2.62. The monoisotopic (exact) mass is 323 g/mol. The Kier molecular flexibility index (Phi) is 5.25. The Morgan fingerprint density at radius 1 is 0.917 bits per heavy atom. The lowest BCUT2D eigenvalue weighted by molar-refractivity contribution is 0.205. The molecule has 0 saturated heterocycles. The van der Waals surface area contributed by atoms with Gasteiger partial charge in [0.15, 0.2) is 0 Å². The maximum absolute atomic E-state index is 9.70. The third kappa shape index (κ3) is 3.49. The van der Waals surface area contributed by atoms with Gasteiger partial charge in [0.05, 0.1) is 0 Å². The van der Waals surface area contributed by atoms with Crippen molar-refractivity contribution in [1.29, 1.82) is 0 Å². The van der Waals surface area contributed by atoms with Gasteiger partial charge in [-0.3, -0.25) is 0 Å². The molecule has 0 amide bonds. The van der Waals surface area contributed by atoms with E-state index in [4.69, 9.17) is 0 Å². The van der Waals surface area contributed by atoms with Gasteiger partial charge in [-0.15, -0.1) is 0 Å². The molecule has 0 heterocycles. The molecule has 2 aromatic rings. The molecule has 2 aromatic carbocycles. The molecule has 1 aliphatic carbocycles. The predicted octanol–water partition coefficient (Wildman–Crippen LogP) is 4.94.